The van der Waals surface area contributed by atoms with Gasteiger partial charge in [-0.05, 0) is 30.7 Å². The van der Waals surface area contributed by atoms with Crippen molar-refractivity contribution in [2.24, 2.45) is 0 Å². The summed E-state index contributed by atoms with van der Waals surface area (Å²) >= 11 is 0. The summed E-state index contributed by atoms with van der Waals surface area (Å²) in [6, 6.07) is 18.6. The molecule has 3 rings (SSSR count). The number of hydrogen-bond donors (Lipinski definition) is 2. The SMILES string of the molecule is Cc1ccc(S(=O)(=O)[O-])cc1.Oc1ccc[n+](C=Cc2ccccc2)c1O. The summed E-state index contributed by atoms with van der Waals surface area (Å²) in [6.45, 7) is 1.82. The van der Waals surface area contributed by atoms with E-state index in [1.165, 1.54) is 22.8 Å². The summed E-state index contributed by atoms with van der Waals surface area (Å²) in [4.78, 5) is -0.178. The van der Waals surface area contributed by atoms with Gasteiger partial charge in [0.1, 0.15) is 10.1 Å². The number of rotatable bonds is 3. The first-order valence-corrected chi connectivity index (χ1v) is 9.36. The monoisotopic (exact) mass is 385 g/mol. The van der Waals surface area contributed by atoms with E-state index in [1.807, 2.05) is 43.3 Å². The number of aromatic hydroxyl groups is 2. The van der Waals surface area contributed by atoms with Crippen LogP contribution < -0.4 is 4.57 Å². The third kappa shape index (κ3) is 6.25. The molecule has 6 nitrogen and oxygen atoms in total. The zero-order valence-electron chi connectivity index (χ0n) is 14.6. The molecule has 0 spiro atoms. The molecule has 0 unspecified atom stereocenters. The Hall–Kier alpha value is -3.16. The van der Waals surface area contributed by atoms with Crippen LogP contribution in [0.3, 0.4) is 0 Å². The van der Waals surface area contributed by atoms with Gasteiger partial charge >= 0.3 is 5.88 Å². The zero-order chi connectivity index (χ0) is 19.9. The van der Waals surface area contributed by atoms with Crippen LogP contribution >= 0.6 is 0 Å². The average molecular weight is 385 g/mol. The number of pyridine rings is 1. The maximum Gasteiger partial charge on any atom is 0.414 e. The van der Waals surface area contributed by atoms with Crippen LogP contribution in [0.15, 0.2) is 77.8 Å². The van der Waals surface area contributed by atoms with Gasteiger partial charge < -0.3 is 14.8 Å². The number of hydrogen-bond acceptors (Lipinski definition) is 5. The second-order valence-electron chi connectivity index (χ2n) is 5.62. The van der Waals surface area contributed by atoms with E-state index in [0.29, 0.717) is 0 Å². The molecule has 0 atom stereocenters. The minimum atomic E-state index is -4.27. The standard InChI is InChI=1S/C13H11NO2.C7H8O3S/c15-12-7-4-9-14(13(12)16)10-8-11-5-2-1-3-6-11;1-6-2-4-7(5-3-6)11(8,9)10/h1-10,15H;2-5H,1H3,(H,8,9,10). The minimum absolute atomic E-state index is 0.139. The Morgan fingerprint density at radius 3 is 2.15 bits per heavy atom. The van der Waals surface area contributed by atoms with Crippen LogP contribution in [0.25, 0.3) is 12.3 Å². The van der Waals surface area contributed by atoms with Crippen molar-refractivity contribution in [1.29, 1.82) is 0 Å². The first-order valence-electron chi connectivity index (χ1n) is 7.95. The molecule has 0 radical (unpaired) electrons. The van der Waals surface area contributed by atoms with Gasteiger partial charge in [0, 0.05) is 12.1 Å². The Balaban J connectivity index is 0.000000208. The first kappa shape index (κ1) is 20.2. The Bertz CT molecular complexity index is 1010. The molecule has 0 aliphatic rings. The van der Waals surface area contributed by atoms with Gasteiger partial charge in [-0.1, -0.05) is 48.0 Å². The molecule has 2 aromatic carbocycles. The van der Waals surface area contributed by atoms with Crippen LogP contribution in [0, 0.1) is 6.92 Å². The topological polar surface area (TPSA) is 102 Å². The van der Waals surface area contributed by atoms with Crippen molar-refractivity contribution in [2.75, 3.05) is 0 Å². The van der Waals surface area contributed by atoms with Gasteiger partial charge in [0.05, 0.1) is 4.90 Å². The molecule has 27 heavy (non-hydrogen) atoms. The molecule has 7 heteroatoms. The van der Waals surface area contributed by atoms with E-state index >= 15 is 0 Å². The number of benzene rings is 2. The van der Waals surface area contributed by atoms with E-state index in [9.17, 15) is 23.2 Å². The van der Waals surface area contributed by atoms with Crippen molar-refractivity contribution in [3.05, 3.63) is 84.1 Å². The van der Waals surface area contributed by atoms with E-state index in [2.05, 4.69) is 0 Å². The van der Waals surface area contributed by atoms with Crippen LogP contribution in [0.1, 0.15) is 11.1 Å². The number of aromatic nitrogens is 1. The molecule has 0 fully saturated rings. The fraction of sp³-hybridized carbons (Fsp3) is 0.0500. The van der Waals surface area contributed by atoms with Gasteiger partial charge in [0.25, 0.3) is 0 Å². The zero-order valence-corrected chi connectivity index (χ0v) is 15.4. The predicted octanol–water partition coefficient (Wildman–Crippen LogP) is 2.91. The van der Waals surface area contributed by atoms with Crippen LogP contribution in [0.2, 0.25) is 0 Å². The molecule has 0 aliphatic carbocycles. The van der Waals surface area contributed by atoms with Crippen LogP contribution in [0.4, 0.5) is 0 Å². The third-order valence-electron chi connectivity index (χ3n) is 3.51. The molecular weight excluding hydrogens is 366 g/mol. The van der Waals surface area contributed by atoms with Gasteiger partial charge in [-0.15, -0.1) is 4.57 Å². The van der Waals surface area contributed by atoms with E-state index in [4.69, 9.17) is 0 Å². The van der Waals surface area contributed by atoms with Crippen molar-refractivity contribution in [3.63, 3.8) is 0 Å². The molecule has 0 bridgehead atoms. The quantitative estimate of drug-likeness (QED) is 0.533. The van der Waals surface area contributed by atoms with Crippen LogP contribution in [0.5, 0.6) is 11.6 Å². The molecule has 1 aromatic heterocycles. The highest BCUT2D eigenvalue weighted by Gasteiger charge is 2.10. The Labute approximate surface area is 158 Å². The number of nitrogens with zero attached hydrogens (tertiary/aromatic N) is 1. The highest BCUT2D eigenvalue weighted by Crippen LogP contribution is 2.17. The Morgan fingerprint density at radius 1 is 0.926 bits per heavy atom. The minimum Gasteiger partial charge on any atom is -0.744 e. The molecule has 140 valence electrons. The van der Waals surface area contributed by atoms with E-state index in [1.54, 1.807) is 30.6 Å². The van der Waals surface area contributed by atoms with Crippen molar-refractivity contribution in [1.82, 2.24) is 0 Å². The molecule has 3 aromatic rings. The van der Waals surface area contributed by atoms with Crippen LogP contribution in [-0.4, -0.2) is 23.2 Å². The summed E-state index contributed by atoms with van der Waals surface area (Å²) < 4.78 is 32.6. The van der Waals surface area contributed by atoms with E-state index < -0.39 is 10.1 Å². The first-order chi connectivity index (χ1) is 12.8. The summed E-state index contributed by atoms with van der Waals surface area (Å²) in [7, 11) is -4.27. The summed E-state index contributed by atoms with van der Waals surface area (Å²) in [5.74, 6) is -0.310. The van der Waals surface area contributed by atoms with Crippen molar-refractivity contribution in [3.8, 4) is 11.6 Å². The maximum atomic E-state index is 10.4. The van der Waals surface area contributed by atoms with Crippen molar-refractivity contribution < 1.29 is 27.8 Å². The summed E-state index contributed by atoms with van der Waals surface area (Å²) in [5.41, 5.74) is 1.95. The average Bonchev–Trinajstić information content (AvgIpc) is 2.64. The molecule has 0 saturated carbocycles. The lowest BCUT2D eigenvalue weighted by Gasteiger charge is -2.05. The molecule has 0 saturated heterocycles. The fourth-order valence-corrected chi connectivity index (χ4v) is 2.53. The fourth-order valence-electron chi connectivity index (χ4n) is 2.06. The molecule has 0 aliphatic heterocycles. The second kappa shape index (κ2) is 8.98. The van der Waals surface area contributed by atoms with Gasteiger partial charge in [-0.25, -0.2) is 8.42 Å². The highest BCUT2D eigenvalue weighted by molar-refractivity contribution is 7.85. The van der Waals surface area contributed by atoms with E-state index in [-0.39, 0.29) is 16.5 Å². The lowest BCUT2D eigenvalue weighted by Crippen LogP contribution is -2.24. The van der Waals surface area contributed by atoms with Crippen LogP contribution in [-0.2, 0) is 10.1 Å². The van der Waals surface area contributed by atoms with Gasteiger partial charge in [0.2, 0.25) is 5.75 Å². The van der Waals surface area contributed by atoms with Gasteiger partial charge in [0.15, 0.2) is 12.4 Å². The molecular formula is C20H19NO5S. The smallest absolute Gasteiger partial charge is 0.414 e. The molecule has 1 heterocycles. The lowest BCUT2D eigenvalue weighted by atomic mass is 10.2. The van der Waals surface area contributed by atoms with Crippen molar-refractivity contribution >= 4 is 22.4 Å². The summed E-state index contributed by atoms with van der Waals surface area (Å²) in [5, 5.41) is 18.8. The summed E-state index contributed by atoms with van der Waals surface area (Å²) in [6.07, 6.45) is 5.19. The predicted molar refractivity (Wildman–Crippen MR) is 101 cm³/mol. The van der Waals surface area contributed by atoms with E-state index in [0.717, 1.165) is 11.1 Å². The Kier molecular flexibility index (Phi) is 6.70. The van der Waals surface area contributed by atoms with Gasteiger partial charge in [-0.3, -0.25) is 0 Å². The lowest BCUT2D eigenvalue weighted by molar-refractivity contribution is -0.577. The second-order valence-corrected chi connectivity index (χ2v) is 7.00. The van der Waals surface area contributed by atoms with Gasteiger partial charge in [-0.2, -0.15) is 0 Å². The maximum absolute atomic E-state index is 10.4. The molecule has 2 N–H and O–H groups in total. The highest BCUT2D eigenvalue weighted by atomic mass is 32.2. The molecule has 0 amide bonds. The third-order valence-corrected chi connectivity index (χ3v) is 4.36. The Morgan fingerprint density at radius 2 is 1.56 bits per heavy atom. The van der Waals surface area contributed by atoms with Crippen molar-refractivity contribution in [2.45, 2.75) is 11.8 Å². The largest absolute Gasteiger partial charge is 0.744 e. The normalized spacial score (nSPS) is 11.0. The number of aryl methyl sites for hydroxylation is 1.